The van der Waals surface area contributed by atoms with Crippen LogP contribution in [0.3, 0.4) is 0 Å². The van der Waals surface area contributed by atoms with Crippen LogP contribution in [-0.2, 0) is 9.47 Å². The first-order chi connectivity index (χ1) is 8.01. The van der Waals surface area contributed by atoms with E-state index >= 15 is 0 Å². The zero-order valence-electron chi connectivity index (χ0n) is 10.9. The molecular formula is C11H18F3NO3. The van der Waals surface area contributed by atoms with Crippen LogP contribution in [0.2, 0.25) is 0 Å². The second-order valence-corrected chi connectivity index (χ2v) is 5.35. The van der Waals surface area contributed by atoms with E-state index in [1.165, 1.54) is 0 Å². The fourth-order valence-electron chi connectivity index (χ4n) is 1.78. The van der Waals surface area contributed by atoms with Crippen molar-refractivity contribution in [2.45, 2.75) is 44.6 Å². The van der Waals surface area contributed by atoms with Crippen molar-refractivity contribution < 1.29 is 27.4 Å². The molecule has 0 bridgehead atoms. The maximum Gasteiger partial charge on any atom is 0.419 e. The third-order valence-corrected chi connectivity index (χ3v) is 2.79. The molecule has 1 amide bonds. The molecule has 0 aromatic carbocycles. The number of halogens is 3. The molecule has 1 saturated heterocycles. The second-order valence-electron chi connectivity index (χ2n) is 5.35. The number of alkyl halides is 3. The summed E-state index contributed by atoms with van der Waals surface area (Å²) in [6.45, 7) is 4.43. The minimum absolute atomic E-state index is 0.0255. The number of ether oxygens (including phenoxy) is 2. The Kier molecular flexibility index (Phi) is 3.86. The van der Waals surface area contributed by atoms with E-state index in [0.29, 0.717) is 0 Å². The Hall–Kier alpha value is -0.980. The molecule has 1 atom stereocenters. The van der Waals surface area contributed by atoms with Crippen LogP contribution in [0.5, 0.6) is 0 Å². The van der Waals surface area contributed by atoms with Gasteiger partial charge < -0.3 is 14.4 Å². The van der Waals surface area contributed by atoms with Crippen LogP contribution in [0.15, 0.2) is 0 Å². The van der Waals surface area contributed by atoms with Gasteiger partial charge >= 0.3 is 12.3 Å². The summed E-state index contributed by atoms with van der Waals surface area (Å²) < 4.78 is 48.3. The quantitative estimate of drug-likeness (QED) is 0.734. The molecule has 7 heteroatoms. The summed E-state index contributed by atoms with van der Waals surface area (Å²) in [6, 6.07) is 0. The lowest BCUT2D eigenvalue weighted by molar-refractivity contribution is -0.263. The predicted octanol–water partition coefficient (Wildman–Crippen LogP) is 2.57. The summed E-state index contributed by atoms with van der Waals surface area (Å²) in [7, 11) is 1.01. The standard InChI is InChI=1S/C11H18F3NO3/c1-9(2,3)18-8(16)15-6-5-10(7-15,17-4)11(12,13)14/h5-7H2,1-4H3/t10-/m0/s1. The fourth-order valence-corrected chi connectivity index (χ4v) is 1.78. The van der Waals surface area contributed by atoms with E-state index in [1.54, 1.807) is 20.8 Å². The van der Waals surface area contributed by atoms with E-state index in [9.17, 15) is 18.0 Å². The summed E-state index contributed by atoms with van der Waals surface area (Å²) >= 11 is 0. The molecule has 0 saturated carbocycles. The molecule has 0 unspecified atom stereocenters. The van der Waals surface area contributed by atoms with Gasteiger partial charge in [0.2, 0.25) is 0 Å². The van der Waals surface area contributed by atoms with E-state index in [1.807, 2.05) is 0 Å². The lowest BCUT2D eigenvalue weighted by atomic mass is 10.0. The third kappa shape index (κ3) is 3.07. The van der Waals surface area contributed by atoms with Gasteiger partial charge in [-0.25, -0.2) is 4.79 Å². The molecule has 18 heavy (non-hydrogen) atoms. The average molecular weight is 269 g/mol. The van der Waals surface area contributed by atoms with Crippen LogP contribution in [0.1, 0.15) is 27.2 Å². The highest BCUT2D eigenvalue weighted by atomic mass is 19.4. The molecule has 106 valence electrons. The van der Waals surface area contributed by atoms with Crippen LogP contribution in [-0.4, -0.2) is 48.6 Å². The molecule has 0 spiro atoms. The van der Waals surface area contributed by atoms with Crippen LogP contribution in [0, 0.1) is 0 Å². The molecule has 0 aromatic rings. The number of hydrogen-bond donors (Lipinski definition) is 0. The summed E-state index contributed by atoms with van der Waals surface area (Å²) in [5.41, 5.74) is -3.00. The Morgan fingerprint density at radius 1 is 1.28 bits per heavy atom. The molecule has 1 rings (SSSR count). The highest BCUT2D eigenvalue weighted by Crippen LogP contribution is 2.40. The molecule has 1 fully saturated rings. The van der Waals surface area contributed by atoms with Crippen LogP contribution >= 0.6 is 0 Å². The first kappa shape index (κ1) is 15.1. The van der Waals surface area contributed by atoms with Gasteiger partial charge in [0, 0.05) is 20.1 Å². The molecule has 0 aliphatic carbocycles. The number of likely N-dealkylation sites (tertiary alicyclic amines) is 1. The van der Waals surface area contributed by atoms with Crippen molar-refractivity contribution in [2.75, 3.05) is 20.2 Å². The number of rotatable bonds is 1. The van der Waals surface area contributed by atoms with E-state index in [-0.39, 0.29) is 13.0 Å². The normalized spacial score (nSPS) is 25.4. The molecular weight excluding hydrogens is 251 g/mol. The first-order valence-corrected chi connectivity index (χ1v) is 5.60. The number of amides is 1. The number of carbonyl (C=O) groups is 1. The molecule has 0 aromatic heterocycles. The maximum atomic E-state index is 12.9. The molecule has 4 nitrogen and oxygen atoms in total. The van der Waals surface area contributed by atoms with Gasteiger partial charge in [-0.15, -0.1) is 0 Å². The Morgan fingerprint density at radius 2 is 1.83 bits per heavy atom. The number of hydrogen-bond acceptors (Lipinski definition) is 3. The van der Waals surface area contributed by atoms with Gasteiger partial charge in [-0.05, 0) is 20.8 Å². The second kappa shape index (κ2) is 4.60. The first-order valence-electron chi connectivity index (χ1n) is 5.60. The average Bonchev–Trinajstić information content (AvgIpc) is 2.59. The maximum absolute atomic E-state index is 12.9. The topological polar surface area (TPSA) is 38.8 Å². The molecule has 0 N–H and O–H groups in total. The van der Waals surface area contributed by atoms with Crippen molar-refractivity contribution >= 4 is 6.09 Å². The summed E-state index contributed by atoms with van der Waals surface area (Å²) in [4.78, 5) is 12.7. The Balaban J connectivity index is 2.74. The van der Waals surface area contributed by atoms with Gasteiger partial charge in [0.15, 0.2) is 5.60 Å². The van der Waals surface area contributed by atoms with Crippen molar-refractivity contribution in [3.8, 4) is 0 Å². The van der Waals surface area contributed by atoms with Crippen molar-refractivity contribution in [1.29, 1.82) is 0 Å². The SMILES string of the molecule is CO[C@@]1(C(F)(F)F)CCN(C(=O)OC(C)(C)C)C1. The monoisotopic (exact) mass is 269 g/mol. The highest BCUT2D eigenvalue weighted by molar-refractivity contribution is 5.68. The van der Waals surface area contributed by atoms with Crippen LogP contribution in [0.25, 0.3) is 0 Å². The smallest absolute Gasteiger partial charge is 0.419 e. The van der Waals surface area contributed by atoms with Gasteiger partial charge in [0.25, 0.3) is 0 Å². The van der Waals surface area contributed by atoms with E-state index in [4.69, 9.17) is 4.74 Å². The zero-order chi connectivity index (χ0) is 14.2. The van der Waals surface area contributed by atoms with Crippen LogP contribution < -0.4 is 0 Å². The molecule has 0 radical (unpaired) electrons. The summed E-state index contributed by atoms with van der Waals surface area (Å²) in [6.07, 6.45) is -5.52. The van der Waals surface area contributed by atoms with Crippen molar-refractivity contribution in [3.05, 3.63) is 0 Å². The fraction of sp³-hybridized carbons (Fsp3) is 0.909. The largest absolute Gasteiger partial charge is 0.444 e. The summed E-state index contributed by atoms with van der Waals surface area (Å²) in [5.74, 6) is 0. The Bertz CT molecular complexity index is 324. The lowest BCUT2D eigenvalue weighted by Crippen LogP contribution is -2.50. The zero-order valence-corrected chi connectivity index (χ0v) is 10.9. The Morgan fingerprint density at radius 3 is 2.17 bits per heavy atom. The lowest BCUT2D eigenvalue weighted by Gasteiger charge is -2.30. The third-order valence-electron chi connectivity index (χ3n) is 2.79. The van der Waals surface area contributed by atoms with E-state index in [2.05, 4.69) is 4.74 Å². The minimum Gasteiger partial charge on any atom is -0.444 e. The molecule has 1 aliphatic rings. The van der Waals surface area contributed by atoms with Crippen molar-refractivity contribution in [3.63, 3.8) is 0 Å². The number of methoxy groups -OCH3 is 1. The predicted molar refractivity (Wildman–Crippen MR) is 58.2 cm³/mol. The van der Waals surface area contributed by atoms with Gasteiger partial charge in [-0.2, -0.15) is 13.2 Å². The van der Waals surface area contributed by atoms with Gasteiger partial charge in [0.1, 0.15) is 5.60 Å². The molecule has 1 heterocycles. The van der Waals surface area contributed by atoms with Crippen molar-refractivity contribution in [2.24, 2.45) is 0 Å². The Labute approximate surface area is 104 Å². The van der Waals surface area contributed by atoms with Crippen molar-refractivity contribution in [1.82, 2.24) is 4.90 Å². The summed E-state index contributed by atoms with van der Waals surface area (Å²) in [5, 5.41) is 0. The number of nitrogens with zero attached hydrogens (tertiary/aromatic N) is 1. The highest BCUT2D eigenvalue weighted by Gasteiger charge is 2.59. The van der Waals surface area contributed by atoms with E-state index in [0.717, 1.165) is 12.0 Å². The number of carbonyl (C=O) groups excluding carboxylic acids is 1. The van der Waals surface area contributed by atoms with Gasteiger partial charge in [-0.3, -0.25) is 0 Å². The van der Waals surface area contributed by atoms with Gasteiger partial charge in [-0.1, -0.05) is 0 Å². The molecule has 1 aliphatic heterocycles. The van der Waals surface area contributed by atoms with Gasteiger partial charge in [0.05, 0.1) is 6.54 Å². The minimum atomic E-state index is -4.50. The van der Waals surface area contributed by atoms with Crippen LogP contribution in [0.4, 0.5) is 18.0 Å². The van der Waals surface area contributed by atoms with E-state index < -0.39 is 30.0 Å².